The molecule has 1 aliphatic rings. The van der Waals surface area contributed by atoms with Crippen LogP contribution in [0.25, 0.3) is 0 Å². The molecule has 0 spiro atoms. The maximum Gasteiger partial charge on any atom is 0.155 e. The molecule has 16 heavy (non-hydrogen) atoms. The normalized spacial score (nSPS) is 16.1. The molecular formula is C14H15FO. The topological polar surface area (TPSA) is 17.1 Å². The molecule has 2 rings (SSSR count). The van der Waals surface area contributed by atoms with Gasteiger partial charge >= 0.3 is 0 Å². The number of aryl methyl sites for hydroxylation is 1. The van der Waals surface area contributed by atoms with Gasteiger partial charge in [-0.15, -0.1) is 0 Å². The third kappa shape index (κ3) is 2.57. The monoisotopic (exact) mass is 218 g/mol. The van der Waals surface area contributed by atoms with Gasteiger partial charge in [-0.25, -0.2) is 4.39 Å². The maximum atomic E-state index is 13.1. The van der Waals surface area contributed by atoms with Gasteiger partial charge in [-0.1, -0.05) is 11.6 Å². The Balaban J connectivity index is 2.20. The van der Waals surface area contributed by atoms with Crippen LogP contribution >= 0.6 is 0 Å². The van der Waals surface area contributed by atoms with Crippen molar-refractivity contribution in [3.05, 3.63) is 46.8 Å². The molecule has 2 heteroatoms. The van der Waals surface area contributed by atoms with Gasteiger partial charge in [-0.2, -0.15) is 0 Å². The summed E-state index contributed by atoms with van der Waals surface area (Å²) in [4.78, 5) is 11.3. The predicted octanol–water partition coefficient (Wildman–Crippen LogP) is 3.36. The molecule has 0 amide bonds. The van der Waals surface area contributed by atoms with Crippen molar-refractivity contribution in [1.29, 1.82) is 0 Å². The van der Waals surface area contributed by atoms with Crippen molar-refractivity contribution in [2.24, 2.45) is 0 Å². The van der Waals surface area contributed by atoms with E-state index in [-0.39, 0.29) is 11.6 Å². The van der Waals surface area contributed by atoms with E-state index in [1.165, 1.54) is 6.07 Å². The second-order valence-corrected chi connectivity index (χ2v) is 4.37. The standard InChI is InChI=1S/C14H15FO/c1-10-5-6-13(15)9-12(10)7-11-3-2-4-14(16)8-11/h5-6,8-9H,2-4,7H2,1H3. The summed E-state index contributed by atoms with van der Waals surface area (Å²) < 4.78 is 13.1. The number of carbonyl (C=O) groups is 1. The Kier molecular flexibility index (Phi) is 3.18. The molecule has 0 atom stereocenters. The zero-order valence-electron chi connectivity index (χ0n) is 9.42. The van der Waals surface area contributed by atoms with Crippen LogP contribution in [0.5, 0.6) is 0 Å². The van der Waals surface area contributed by atoms with Crippen molar-refractivity contribution in [3.63, 3.8) is 0 Å². The molecule has 84 valence electrons. The lowest BCUT2D eigenvalue weighted by molar-refractivity contribution is -0.115. The zero-order chi connectivity index (χ0) is 11.5. The molecule has 0 aromatic heterocycles. The van der Waals surface area contributed by atoms with Crippen molar-refractivity contribution < 1.29 is 9.18 Å². The first-order valence-electron chi connectivity index (χ1n) is 5.62. The SMILES string of the molecule is Cc1ccc(F)cc1CC1=CC(=O)CCC1. The number of ketones is 1. The Morgan fingerprint density at radius 3 is 2.88 bits per heavy atom. The van der Waals surface area contributed by atoms with Gasteiger partial charge in [-0.3, -0.25) is 4.79 Å². The molecule has 0 saturated carbocycles. The van der Waals surface area contributed by atoms with Crippen LogP contribution < -0.4 is 0 Å². The molecule has 1 aliphatic carbocycles. The minimum Gasteiger partial charge on any atom is -0.295 e. The molecule has 0 radical (unpaired) electrons. The molecule has 1 nitrogen and oxygen atoms in total. The van der Waals surface area contributed by atoms with Gasteiger partial charge < -0.3 is 0 Å². The second kappa shape index (κ2) is 4.60. The van der Waals surface area contributed by atoms with E-state index >= 15 is 0 Å². The summed E-state index contributed by atoms with van der Waals surface area (Å²) in [7, 11) is 0. The Morgan fingerprint density at radius 2 is 2.12 bits per heavy atom. The summed E-state index contributed by atoms with van der Waals surface area (Å²) in [6, 6.07) is 4.82. The predicted molar refractivity (Wildman–Crippen MR) is 61.8 cm³/mol. The average Bonchev–Trinajstić information content (AvgIpc) is 2.24. The lowest BCUT2D eigenvalue weighted by atomic mass is 9.92. The molecule has 0 bridgehead atoms. The van der Waals surface area contributed by atoms with E-state index in [4.69, 9.17) is 0 Å². The average molecular weight is 218 g/mol. The Morgan fingerprint density at radius 1 is 1.31 bits per heavy atom. The molecule has 0 unspecified atom stereocenters. The minimum absolute atomic E-state index is 0.204. The number of allylic oxidation sites excluding steroid dienone is 2. The summed E-state index contributed by atoms with van der Waals surface area (Å²) in [5, 5.41) is 0. The van der Waals surface area contributed by atoms with E-state index in [0.717, 1.165) is 29.5 Å². The first kappa shape index (κ1) is 11.1. The van der Waals surface area contributed by atoms with Gasteiger partial charge in [0.05, 0.1) is 0 Å². The molecule has 0 saturated heterocycles. The van der Waals surface area contributed by atoms with Crippen LogP contribution in [-0.4, -0.2) is 5.78 Å². The van der Waals surface area contributed by atoms with Gasteiger partial charge in [0.2, 0.25) is 0 Å². The van der Waals surface area contributed by atoms with Crippen molar-refractivity contribution in [2.45, 2.75) is 32.6 Å². The second-order valence-electron chi connectivity index (χ2n) is 4.37. The highest BCUT2D eigenvalue weighted by Crippen LogP contribution is 2.21. The van der Waals surface area contributed by atoms with Crippen LogP contribution in [0.15, 0.2) is 29.8 Å². The molecular weight excluding hydrogens is 203 g/mol. The first-order chi connectivity index (χ1) is 7.65. The van der Waals surface area contributed by atoms with Gasteiger partial charge in [0, 0.05) is 6.42 Å². The summed E-state index contributed by atoms with van der Waals surface area (Å²) in [6.45, 7) is 1.97. The number of rotatable bonds is 2. The van der Waals surface area contributed by atoms with E-state index in [0.29, 0.717) is 12.8 Å². The third-order valence-electron chi connectivity index (χ3n) is 3.01. The smallest absolute Gasteiger partial charge is 0.155 e. The number of benzene rings is 1. The van der Waals surface area contributed by atoms with E-state index in [1.807, 2.05) is 6.92 Å². The fourth-order valence-electron chi connectivity index (χ4n) is 2.08. The quantitative estimate of drug-likeness (QED) is 0.744. The fourth-order valence-corrected chi connectivity index (χ4v) is 2.08. The number of hydrogen-bond donors (Lipinski definition) is 0. The molecule has 1 aromatic carbocycles. The molecule has 0 N–H and O–H groups in total. The zero-order valence-corrected chi connectivity index (χ0v) is 9.42. The summed E-state index contributed by atoms with van der Waals surface area (Å²) in [6.07, 6.45) is 4.98. The van der Waals surface area contributed by atoms with Gasteiger partial charge in [-0.05, 0) is 55.5 Å². The van der Waals surface area contributed by atoms with E-state index in [9.17, 15) is 9.18 Å². The minimum atomic E-state index is -0.205. The van der Waals surface area contributed by atoms with E-state index < -0.39 is 0 Å². The summed E-state index contributed by atoms with van der Waals surface area (Å²) >= 11 is 0. The first-order valence-corrected chi connectivity index (χ1v) is 5.62. The molecule has 0 fully saturated rings. The highest BCUT2D eigenvalue weighted by atomic mass is 19.1. The van der Waals surface area contributed by atoms with Gasteiger partial charge in [0.15, 0.2) is 5.78 Å². The maximum absolute atomic E-state index is 13.1. The van der Waals surface area contributed by atoms with Crippen LogP contribution in [0.3, 0.4) is 0 Å². The fraction of sp³-hybridized carbons (Fsp3) is 0.357. The van der Waals surface area contributed by atoms with Gasteiger partial charge in [0.1, 0.15) is 5.82 Å². The lowest BCUT2D eigenvalue weighted by Crippen LogP contribution is -2.05. The number of carbonyl (C=O) groups excluding carboxylic acids is 1. The largest absolute Gasteiger partial charge is 0.295 e. The van der Waals surface area contributed by atoms with E-state index in [2.05, 4.69) is 0 Å². The van der Waals surface area contributed by atoms with Crippen LogP contribution in [0.2, 0.25) is 0 Å². The third-order valence-corrected chi connectivity index (χ3v) is 3.01. The van der Waals surface area contributed by atoms with Crippen LogP contribution in [-0.2, 0) is 11.2 Å². The van der Waals surface area contributed by atoms with Crippen molar-refractivity contribution in [1.82, 2.24) is 0 Å². The van der Waals surface area contributed by atoms with Crippen molar-refractivity contribution in [2.75, 3.05) is 0 Å². The Bertz CT molecular complexity index is 446. The highest BCUT2D eigenvalue weighted by molar-refractivity contribution is 5.91. The highest BCUT2D eigenvalue weighted by Gasteiger charge is 2.11. The lowest BCUT2D eigenvalue weighted by Gasteiger charge is -2.13. The van der Waals surface area contributed by atoms with Crippen molar-refractivity contribution in [3.8, 4) is 0 Å². The van der Waals surface area contributed by atoms with Crippen LogP contribution in [0, 0.1) is 12.7 Å². The Labute approximate surface area is 95.0 Å². The van der Waals surface area contributed by atoms with Gasteiger partial charge in [0.25, 0.3) is 0 Å². The molecule has 0 heterocycles. The van der Waals surface area contributed by atoms with Crippen molar-refractivity contribution >= 4 is 5.78 Å². The molecule has 0 aliphatic heterocycles. The summed E-state index contributed by atoms with van der Waals surface area (Å²) in [5.41, 5.74) is 3.20. The number of halogens is 1. The van der Waals surface area contributed by atoms with Crippen LogP contribution in [0.4, 0.5) is 4.39 Å². The Hall–Kier alpha value is -1.44. The summed E-state index contributed by atoms with van der Waals surface area (Å²) in [5.74, 6) is -0.00126. The van der Waals surface area contributed by atoms with Crippen LogP contribution in [0.1, 0.15) is 30.4 Å². The molecule has 1 aromatic rings. The van der Waals surface area contributed by atoms with E-state index in [1.54, 1.807) is 18.2 Å². The number of hydrogen-bond acceptors (Lipinski definition) is 1.